The van der Waals surface area contributed by atoms with E-state index in [1.807, 2.05) is 16.8 Å². The van der Waals surface area contributed by atoms with Crippen LogP contribution >= 0.6 is 0 Å². The molecule has 25 heavy (non-hydrogen) atoms. The number of carbonyl (C=O) groups is 1. The molecule has 3 aromatic rings. The number of rotatable bonds is 6. The maximum absolute atomic E-state index is 13.6. The maximum Gasteiger partial charge on any atom is 0.252 e. The quantitative estimate of drug-likeness (QED) is 0.702. The van der Waals surface area contributed by atoms with Gasteiger partial charge in [0.15, 0.2) is 0 Å². The van der Waals surface area contributed by atoms with Crippen LogP contribution in [0, 0.1) is 5.82 Å². The first-order chi connectivity index (χ1) is 12.2. The molecule has 2 heterocycles. The van der Waals surface area contributed by atoms with E-state index < -0.39 is 0 Å². The Morgan fingerprint density at radius 3 is 2.96 bits per heavy atom. The van der Waals surface area contributed by atoms with Crippen molar-refractivity contribution < 1.29 is 9.18 Å². The van der Waals surface area contributed by atoms with Gasteiger partial charge >= 0.3 is 0 Å². The molecule has 4 rings (SSSR count). The van der Waals surface area contributed by atoms with E-state index >= 15 is 0 Å². The Hall–Kier alpha value is -2.76. The van der Waals surface area contributed by atoms with Gasteiger partial charge in [-0.05, 0) is 43.5 Å². The zero-order valence-electron chi connectivity index (χ0n) is 13.8. The van der Waals surface area contributed by atoms with Crippen LogP contribution in [-0.2, 0) is 6.54 Å². The van der Waals surface area contributed by atoms with E-state index in [1.165, 1.54) is 12.1 Å². The minimum absolute atomic E-state index is 0.175. The van der Waals surface area contributed by atoms with Gasteiger partial charge in [-0.15, -0.1) is 0 Å². The molecule has 1 fully saturated rings. The number of nitrogens with one attached hydrogen (secondary N) is 1. The third-order valence-electron chi connectivity index (χ3n) is 4.47. The number of amides is 1. The van der Waals surface area contributed by atoms with E-state index in [-0.39, 0.29) is 11.7 Å². The summed E-state index contributed by atoms with van der Waals surface area (Å²) in [6, 6.07) is 6.25. The lowest BCUT2D eigenvalue weighted by Gasteiger charge is -2.10. The van der Waals surface area contributed by atoms with Gasteiger partial charge in [0.25, 0.3) is 5.91 Å². The first kappa shape index (κ1) is 15.7. The lowest BCUT2D eigenvalue weighted by atomic mass is 10.0. The Kier molecular flexibility index (Phi) is 4.17. The van der Waals surface area contributed by atoms with Crippen molar-refractivity contribution in [3.05, 3.63) is 60.1 Å². The van der Waals surface area contributed by atoms with Gasteiger partial charge in [0.05, 0.1) is 17.4 Å². The highest BCUT2D eigenvalue weighted by molar-refractivity contribution is 6.06. The molecule has 1 saturated carbocycles. The van der Waals surface area contributed by atoms with Gasteiger partial charge in [0.1, 0.15) is 5.82 Å². The number of imidazole rings is 1. The molecule has 1 amide bonds. The standard InChI is InChI=1S/C19H19FN4O/c20-14-4-5-17-15(10-14)16(11-18(23-17)13-2-3-13)19(25)22-6-1-8-24-9-7-21-12-24/h4-5,7,9-13H,1-3,6,8H2,(H,22,25). The number of nitrogens with zero attached hydrogens (tertiary/aromatic N) is 3. The molecule has 1 aliphatic rings. The van der Waals surface area contributed by atoms with Crippen LogP contribution in [-0.4, -0.2) is 27.0 Å². The summed E-state index contributed by atoms with van der Waals surface area (Å²) in [4.78, 5) is 21.2. The molecule has 0 atom stereocenters. The number of carbonyl (C=O) groups excluding carboxylic acids is 1. The van der Waals surface area contributed by atoms with Crippen molar-refractivity contribution in [2.24, 2.45) is 0 Å². The van der Waals surface area contributed by atoms with Crippen molar-refractivity contribution in [1.29, 1.82) is 0 Å². The summed E-state index contributed by atoms with van der Waals surface area (Å²) in [5.41, 5.74) is 2.12. The normalized spacial score (nSPS) is 14.0. The molecular weight excluding hydrogens is 319 g/mol. The molecule has 0 bridgehead atoms. The second kappa shape index (κ2) is 6.63. The number of hydrogen-bond donors (Lipinski definition) is 1. The third-order valence-corrected chi connectivity index (χ3v) is 4.47. The molecule has 0 spiro atoms. The molecule has 128 valence electrons. The molecule has 1 N–H and O–H groups in total. The molecule has 1 aliphatic carbocycles. The van der Waals surface area contributed by atoms with Crippen LogP contribution in [0.15, 0.2) is 43.0 Å². The zero-order valence-corrected chi connectivity index (χ0v) is 13.8. The number of fused-ring (bicyclic) bond motifs is 1. The van der Waals surface area contributed by atoms with E-state index in [4.69, 9.17) is 0 Å². The molecular formula is C19H19FN4O. The molecule has 0 saturated heterocycles. The van der Waals surface area contributed by atoms with Gasteiger partial charge in [-0.1, -0.05) is 0 Å². The average molecular weight is 338 g/mol. The van der Waals surface area contributed by atoms with Gasteiger partial charge in [-0.3, -0.25) is 9.78 Å². The Labute approximate surface area is 144 Å². The second-order valence-electron chi connectivity index (χ2n) is 6.44. The SMILES string of the molecule is O=C(NCCCn1ccnc1)c1cc(C2CC2)nc2ccc(F)cc12. The minimum Gasteiger partial charge on any atom is -0.352 e. The highest BCUT2D eigenvalue weighted by Crippen LogP contribution is 2.40. The Balaban J connectivity index is 1.52. The van der Waals surface area contributed by atoms with Crippen LogP contribution < -0.4 is 5.32 Å². The number of pyridine rings is 1. The molecule has 0 unspecified atom stereocenters. The predicted molar refractivity (Wildman–Crippen MR) is 92.9 cm³/mol. The second-order valence-corrected chi connectivity index (χ2v) is 6.44. The summed E-state index contributed by atoms with van der Waals surface area (Å²) in [6.45, 7) is 1.34. The Morgan fingerprint density at radius 2 is 2.20 bits per heavy atom. The van der Waals surface area contributed by atoms with Crippen molar-refractivity contribution in [3.8, 4) is 0 Å². The number of halogens is 1. The van der Waals surface area contributed by atoms with Gasteiger partial charge in [-0.2, -0.15) is 0 Å². The minimum atomic E-state index is -0.359. The van der Waals surface area contributed by atoms with Crippen LogP contribution in [0.3, 0.4) is 0 Å². The van der Waals surface area contributed by atoms with Crippen LogP contribution in [0.1, 0.15) is 41.2 Å². The van der Waals surface area contributed by atoms with Crippen molar-refractivity contribution >= 4 is 16.8 Å². The fraction of sp³-hybridized carbons (Fsp3) is 0.316. The molecule has 5 nitrogen and oxygen atoms in total. The summed E-state index contributed by atoms with van der Waals surface area (Å²) >= 11 is 0. The van der Waals surface area contributed by atoms with E-state index in [1.54, 1.807) is 18.6 Å². The Morgan fingerprint density at radius 1 is 1.32 bits per heavy atom. The fourth-order valence-electron chi connectivity index (χ4n) is 2.97. The van der Waals surface area contributed by atoms with Crippen LogP contribution in [0.2, 0.25) is 0 Å². The predicted octanol–water partition coefficient (Wildman–Crippen LogP) is 3.27. The summed E-state index contributed by atoms with van der Waals surface area (Å²) in [5.74, 6) is -0.101. The van der Waals surface area contributed by atoms with Crippen molar-refractivity contribution in [3.63, 3.8) is 0 Å². The fourth-order valence-corrected chi connectivity index (χ4v) is 2.97. The third kappa shape index (κ3) is 3.52. The largest absolute Gasteiger partial charge is 0.352 e. The van der Waals surface area contributed by atoms with Crippen molar-refractivity contribution in [1.82, 2.24) is 19.9 Å². The Bertz CT molecular complexity index is 903. The highest BCUT2D eigenvalue weighted by atomic mass is 19.1. The summed E-state index contributed by atoms with van der Waals surface area (Å²) < 4.78 is 15.6. The number of aryl methyl sites for hydroxylation is 1. The number of aromatic nitrogens is 3. The van der Waals surface area contributed by atoms with Crippen molar-refractivity contribution in [2.45, 2.75) is 31.7 Å². The molecule has 0 radical (unpaired) electrons. The lowest BCUT2D eigenvalue weighted by Crippen LogP contribution is -2.25. The van der Waals surface area contributed by atoms with Crippen LogP contribution in [0.5, 0.6) is 0 Å². The van der Waals surface area contributed by atoms with Crippen LogP contribution in [0.25, 0.3) is 10.9 Å². The zero-order chi connectivity index (χ0) is 17.2. The average Bonchev–Trinajstić information content (AvgIpc) is 3.34. The first-order valence-electron chi connectivity index (χ1n) is 8.55. The van der Waals surface area contributed by atoms with Gasteiger partial charge in [0.2, 0.25) is 0 Å². The van der Waals surface area contributed by atoms with Crippen molar-refractivity contribution in [2.75, 3.05) is 6.54 Å². The van der Waals surface area contributed by atoms with E-state index in [0.29, 0.717) is 28.9 Å². The smallest absolute Gasteiger partial charge is 0.252 e. The number of benzene rings is 1. The van der Waals surface area contributed by atoms with Crippen LogP contribution in [0.4, 0.5) is 4.39 Å². The summed E-state index contributed by atoms with van der Waals surface area (Å²) in [6.07, 6.45) is 8.38. The monoisotopic (exact) mass is 338 g/mol. The van der Waals surface area contributed by atoms with Gasteiger partial charge in [0, 0.05) is 42.5 Å². The van der Waals surface area contributed by atoms with E-state index in [0.717, 1.165) is 31.5 Å². The van der Waals surface area contributed by atoms with E-state index in [2.05, 4.69) is 15.3 Å². The molecule has 6 heteroatoms. The highest BCUT2D eigenvalue weighted by Gasteiger charge is 2.27. The first-order valence-corrected chi connectivity index (χ1v) is 8.55. The lowest BCUT2D eigenvalue weighted by molar-refractivity contribution is 0.0954. The van der Waals surface area contributed by atoms with Gasteiger partial charge in [-0.25, -0.2) is 9.37 Å². The van der Waals surface area contributed by atoms with Gasteiger partial charge < -0.3 is 9.88 Å². The van der Waals surface area contributed by atoms with E-state index in [9.17, 15) is 9.18 Å². The topological polar surface area (TPSA) is 59.8 Å². The molecule has 0 aliphatic heterocycles. The molecule has 1 aromatic carbocycles. The maximum atomic E-state index is 13.6. The summed E-state index contributed by atoms with van der Waals surface area (Å²) in [5, 5.41) is 3.50. The summed E-state index contributed by atoms with van der Waals surface area (Å²) in [7, 11) is 0. The number of hydrogen-bond acceptors (Lipinski definition) is 3. The molecule has 2 aromatic heterocycles.